The number of nitrogens with zero attached hydrogens (tertiary/aromatic N) is 6. The lowest BCUT2D eigenvalue weighted by Crippen LogP contribution is -2.44. The van der Waals surface area contributed by atoms with Gasteiger partial charge in [0.05, 0.1) is 25.8 Å². The van der Waals surface area contributed by atoms with Crippen LogP contribution in [-0.4, -0.2) is 63.6 Å². The van der Waals surface area contributed by atoms with Gasteiger partial charge in [0.1, 0.15) is 18.3 Å². The molecular formula is C45H50N6O5Si. The van der Waals surface area contributed by atoms with Crippen LogP contribution in [0.15, 0.2) is 137 Å². The summed E-state index contributed by atoms with van der Waals surface area (Å²) in [5.41, 5.74) is 4.40. The van der Waals surface area contributed by atoms with Crippen molar-refractivity contribution in [1.82, 2.24) is 24.0 Å². The fourth-order valence-corrected chi connectivity index (χ4v) is 8.07. The third-order valence-corrected chi connectivity index (χ3v) is 15.7. The standard InChI is InChI=1S/C45H50N6O5Si/c1-45(2,3)57(4,5)53-29-36-38-39(56-43(55-38)35-24-16-9-17-25-35)42(54-36)51-31-46-37-40(51)48-44(50(41(37)52)28-34-22-14-8-15-23-34)47-30-49(26-32-18-10-6-11-19-32)27-33-20-12-7-13-21-33/h6-25,30-31,36,38-39,42-43H,26-29H2,1-5H3/b47-30+/t36-,38-,39-,42-,43?/m1/s1. The maximum absolute atomic E-state index is 14.5. The molecule has 11 nitrogen and oxygen atoms in total. The highest BCUT2D eigenvalue weighted by Crippen LogP contribution is 2.46. The number of fused-ring (bicyclic) bond motifs is 2. The molecule has 8 rings (SSSR count). The van der Waals surface area contributed by atoms with Crippen molar-refractivity contribution in [2.75, 3.05) is 6.61 Å². The van der Waals surface area contributed by atoms with E-state index < -0.39 is 39.1 Å². The zero-order valence-corrected chi connectivity index (χ0v) is 34.1. The van der Waals surface area contributed by atoms with Gasteiger partial charge in [-0.3, -0.25) is 13.9 Å². The molecule has 2 aliphatic rings. The summed E-state index contributed by atoms with van der Waals surface area (Å²) in [5.74, 6) is 0.252. The summed E-state index contributed by atoms with van der Waals surface area (Å²) in [6.07, 6.45) is 0.744. The number of rotatable bonds is 13. The Morgan fingerprint density at radius 2 is 1.35 bits per heavy atom. The van der Waals surface area contributed by atoms with Crippen molar-refractivity contribution in [3.8, 4) is 0 Å². The molecular weight excluding hydrogens is 733 g/mol. The zero-order valence-electron chi connectivity index (χ0n) is 33.1. The topological polar surface area (TPSA) is 105 Å². The molecule has 2 aliphatic heterocycles. The number of aliphatic imine (C=N–C) groups is 1. The second-order valence-corrected chi connectivity index (χ2v) is 21.1. The minimum atomic E-state index is -2.12. The summed E-state index contributed by atoms with van der Waals surface area (Å²) >= 11 is 0. The molecule has 6 aromatic rings. The molecule has 57 heavy (non-hydrogen) atoms. The van der Waals surface area contributed by atoms with Gasteiger partial charge in [0.25, 0.3) is 5.56 Å². The van der Waals surface area contributed by atoms with Gasteiger partial charge in [0, 0.05) is 18.7 Å². The van der Waals surface area contributed by atoms with Gasteiger partial charge in [-0.25, -0.2) is 9.98 Å². The van der Waals surface area contributed by atoms with E-state index in [0.717, 1.165) is 22.3 Å². The molecule has 4 aromatic carbocycles. The third kappa shape index (κ3) is 8.41. The summed E-state index contributed by atoms with van der Waals surface area (Å²) in [6.45, 7) is 13.0. The molecule has 0 amide bonds. The van der Waals surface area contributed by atoms with Gasteiger partial charge in [-0.1, -0.05) is 142 Å². The van der Waals surface area contributed by atoms with Gasteiger partial charge >= 0.3 is 0 Å². The van der Waals surface area contributed by atoms with Crippen molar-refractivity contribution >= 4 is 31.8 Å². The molecule has 0 N–H and O–H groups in total. The zero-order chi connectivity index (χ0) is 39.6. The van der Waals surface area contributed by atoms with E-state index in [1.54, 1.807) is 21.8 Å². The van der Waals surface area contributed by atoms with E-state index in [2.05, 4.69) is 68.0 Å². The SMILES string of the molecule is CC(C)(C)[Si](C)(C)OC[C@H]1O[C@@H](n2cnc3c(=O)n(Cc4ccccc4)c(/N=C/N(Cc4ccccc4)Cc4ccccc4)nc32)[C@@H]2OC(c3ccccc3)O[C@@H]21. The van der Waals surface area contributed by atoms with Crippen molar-refractivity contribution < 1.29 is 18.6 Å². The molecule has 2 aromatic heterocycles. The van der Waals surface area contributed by atoms with E-state index in [0.29, 0.717) is 25.3 Å². The maximum Gasteiger partial charge on any atom is 0.283 e. The first-order chi connectivity index (χ1) is 27.5. The van der Waals surface area contributed by atoms with Crippen LogP contribution < -0.4 is 5.56 Å². The van der Waals surface area contributed by atoms with Gasteiger partial charge < -0.3 is 23.5 Å². The highest BCUT2D eigenvalue weighted by molar-refractivity contribution is 6.74. The average Bonchev–Trinajstić information content (AvgIpc) is 3.93. The fraction of sp³-hybridized carbons (Fsp3) is 0.333. The van der Waals surface area contributed by atoms with Crippen LogP contribution in [0.1, 0.15) is 55.5 Å². The van der Waals surface area contributed by atoms with Crippen molar-refractivity contribution in [1.29, 1.82) is 0 Å². The van der Waals surface area contributed by atoms with E-state index in [-0.39, 0.29) is 28.6 Å². The summed E-state index contributed by atoms with van der Waals surface area (Å²) in [6, 6.07) is 40.2. The summed E-state index contributed by atoms with van der Waals surface area (Å²) in [4.78, 5) is 31.3. The molecule has 5 atom stereocenters. The number of benzene rings is 4. The first-order valence-corrected chi connectivity index (χ1v) is 22.5. The molecule has 1 unspecified atom stereocenters. The largest absolute Gasteiger partial charge is 0.414 e. The number of hydrogen-bond acceptors (Lipinski definition) is 8. The van der Waals surface area contributed by atoms with Gasteiger partial charge in [-0.15, -0.1) is 0 Å². The molecule has 4 heterocycles. The fourth-order valence-electron chi connectivity index (χ4n) is 7.06. The molecule has 0 aliphatic carbocycles. The Bertz CT molecular complexity index is 2310. The van der Waals surface area contributed by atoms with Crippen LogP contribution in [0.2, 0.25) is 18.1 Å². The highest BCUT2D eigenvalue weighted by Gasteiger charge is 2.55. The number of ether oxygens (including phenoxy) is 3. The maximum atomic E-state index is 14.5. The lowest BCUT2D eigenvalue weighted by molar-refractivity contribution is -0.152. The predicted molar refractivity (Wildman–Crippen MR) is 224 cm³/mol. The lowest BCUT2D eigenvalue weighted by atomic mass is 10.1. The van der Waals surface area contributed by atoms with Crippen LogP contribution in [0.5, 0.6) is 0 Å². The van der Waals surface area contributed by atoms with Gasteiger partial charge in [0.15, 0.2) is 32.0 Å². The molecule has 0 bridgehead atoms. The molecule has 0 spiro atoms. The monoisotopic (exact) mass is 782 g/mol. The van der Waals surface area contributed by atoms with Crippen LogP contribution in [0.3, 0.4) is 0 Å². The Balaban J connectivity index is 1.18. The minimum Gasteiger partial charge on any atom is -0.414 e. The smallest absolute Gasteiger partial charge is 0.283 e. The molecule has 0 saturated carbocycles. The second-order valence-electron chi connectivity index (χ2n) is 16.3. The third-order valence-electron chi connectivity index (χ3n) is 11.2. The summed E-state index contributed by atoms with van der Waals surface area (Å²) < 4.78 is 30.1. The Morgan fingerprint density at radius 1 is 0.789 bits per heavy atom. The number of hydrogen-bond donors (Lipinski definition) is 0. The van der Waals surface area contributed by atoms with Crippen molar-refractivity contribution in [3.63, 3.8) is 0 Å². The van der Waals surface area contributed by atoms with E-state index in [1.165, 1.54) is 0 Å². The number of imidazole rings is 1. The van der Waals surface area contributed by atoms with Gasteiger partial charge in [-0.2, -0.15) is 4.98 Å². The Labute approximate surface area is 334 Å². The van der Waals surface area contributed by atoms with Crippen LogP contribution in [0.4, 0.5) is 5.95 Å². The quantitative estimate of drug-likeness (QED) is 0.0654. The molecule has 2 fully saturated rings. The Hall–Kier alpha value is -5.24. The first-order valence-electron chi connectivity index (χ1n) is 19.6. The predicted octanol–water partition coefficient (Wildman–Crippen LogP) is 8.41. The minimum absolute atomic E-state index is 0.0167. The molecule has 12 heteroatoms. The van der Waals surface area contributed by atoms with Gasteiger partial charge in [0.2, 0.25) is 5.95 Å². The first kappa shape index (κ1) is 38.6. The van der Waals surface area contributed by atoms with Crippen LogP contribution in [0.25, 0.3) is 11.2 Å². The second kappa shape index (κ2) is 16.3. The van der Waals surface area contributed by atoms with Crippen molar-refractivity contribution in [2.45, 2.75) is 89.4 Å². The summed E-state index contributed by atoms with van der Waals surface area (Å²) in [7, 11) is -2.12. The van der Waals surface area contributed by atoms with E-state index in [1.807, 2.05) is 97.1 Å². The lowest BCUT2D eigenvalue weighted by Gasteiger charge is -2.37. The van der Waals surface area contributed by atoms with Crippen LogP contribution in [-0.2, 0) is 38.3 Å². The van der Waals surface area contributed by atoms with E-state index >= 15 is 0 Å². The van der Waals surface area contributed by atoms with Crippen LogP contribution in [0, 0.1) is 0 Å². The highest BCUT2D eigenvalue weighted by atomic mass is 28.4. The molecule has 0 radical (unpaired) electrons. The van der Waals surface area contributed by atoms with Crippen molar-refractivity contribution in [2.24, 2.45) is 4.99 Å². The van der Waals surface area contributed by atoms with E-state index in [4.69, 9.17) is 28.6 Å². The molecule has 2 saturated heterocycles. The van der Waals surface area contributed by atoms with Crippen LogP contribution >= 0.6 is 0 Å². The van der Waals surface area contributed by atoms with Gasteiger partial charge in [-0.05, 0) is 34.8 Å². The van der Waals surface area contributed by atoms with Crippen molar-refractivity contribution in [3.05, 3.63) is 160 Å². The normalized spacial score (nSPS) is 21.0. The molecule has 294 valence electrons. The average molecular weight is 783 g/mol. The Kier molecular flexibility index (Phi) is 11.1. The number of aromatic nitrogens is 4. The Morgan fingerprint density at radius 3 is 1.95 bits per heavy atom. The van der Waals surface area contributed by atoms with E-state index in [9.17, 15) is 4.79 Å². The summed E-state index contributed by atoms with van der Waals surface area (Å²) in [5, 5.41) is 0.0167.